The number of nitrogens with one attached hydrogen (secondary N) is 1. The molecule has 0 spiro atoms. The minimum absolute atomic E-state index is 0.147. The van der Waals surface area contributed by atoms with E-state index in [0.717, 1.165) is 42.4 Å². The fraction of sp³-hybridized carbons (Fsp3) is 0.450. The summed E-state index contributed by atoms with van der Waals surface area (Å²) in [6.07, 6.45) is 0.629. The monoisotopic (exact) mass is 409 g/mol. The lowest BCUT2D eigenvalue weighted by atomic mass is 10.0. The number of amides is 3. The van der Waals surface area contributed by atoms with Crippen LogP contribution in [0.2, 0.25) is 0 Å². The van der Waals surface area contributed by atoms with Gasteiger partial charge >= 0.3 is 0 Å². The third kappa shape index (κ3) is 3.17. The van der Waals surface area contributed by atoms with Crippen LogP contribution in [0.4, 0.5) is 0 Å². The SMILES string of the molecule is NCc1nnc2n1CCN(Cc1ccc3c(c1)CN(C1CCC(=O)NC1=O)C3=O)C2. The number of nitrogens with zero attached hydrogens (tertiary/aromatic N) is 5. The van der Waals surface area contributed by atoms with Crippen LogP contribution >= 0.6 is 0 Å². The molecule has 1 saturated heterocycles. The van der Waals surface area contributed by atoms with Crippen LogP contribution < -0.4 is 11.1 Å². The van der Waals surface area contributed by atoms with Gasteiger partial charge in [0.05, 0.1) is 13.1 Å². The van der Waals surface area contributed by atoms with Gasteiger partial charge in [0.15, 0.2) is 0 Å². The summed E-state index contributed by atoms with van der Waals surface area (Å²) >= 11 is 0. The molecule has 0 aliphatic carbocycles. The normalized spacial score (nSPS) is 21.6. The maximum atomic E-state index is 12.8. The van der Waals surface area contributed by atoms with Gasteiger partial charge in [0.25, 0.3) is 5.91 Å². The van der Waals surface area contributed by atoms with E-state index in [1.54, 1.807) is 4.90 Å². The second kappa shape index (κ2) is 7.29. The van der Waals surface area contributed by atoms with Crippen molar-refractivity contribution in [3.8, 4) is 0 Å². The van der Waals surface area contributed by atoms with E-state index in [1.807, 2.05) is 18.2 Å². The number of carbonyl (C=O) groups is 3. The molecule has 5 rings (SSSR count). The van der Waals surface area contributed by atoms with Gasteiger partial charge in [0.1, 0.15) is 17.7 Å². The summed E-state index contributed by atoms with van der Waals surface area (Å²) in [6.45, 7) is 3.89. The average Bonchev–Trinajstić information content (AvgIpc) is 3.28. The van der Waals surface area contributed by atoms with Gasteiger partial charge in [0, 0.05) is 38.2 Å². The zero-order valence-corrected chi connectivity index (χ0v) is 16.5. The summed E-state index contributed by atoms with van der Waals surface area (Å²) in [4.78, 5) is 40.3. The van der Waals surface area contributed by atoms with Gasteiger partial charge in [-0.1, -0.05) is 12.1 Å². The van der Waals surface area contributed by atoms with Crippen LogP contribution in [0.3, 0.4) is 0 Å². The Morgan fingerprint density at radius 1 is 1.13 bits per heavy atom. The maximum absolute atomic E-state index is 12.8. The van der Waals surface area contributed by atoms with Crippen molar-refractivity contribution in [1.82, 2.24) is 29.9 Å². The van der Waals surface area contributed by atoms with Crippen LogP contribution in [0.1, 0.15) is 46.0 Å². The Labute approximate surface area is 173 Å². The number of rotatable bonds is 4. The molecule has 1 aromatic heterocycles. The van der Waals surface area contributed by atoms with Crippen LogP contribution in [0.5, 0.6) is 0 Å². The predicted octanol–water partition coefficient (Wildman–Crippen LogP) is -0.486. The molecule has 10 nitrogen and oxygen atoms in total. The summed E-state index contributed by atoms with van der Waals surface area (Å²) in [5.41, 5.74) is 8.38. The summed E-state index contributed by atoms with van der Waals surface area (Å²) in [5.74, 6) is 0.920. The van der Waals surface area contributed by atoms with Gasteiger partial charge in [-0.15, -0.1) is 10.2 Å². The molecule has 0 bridgehead atoms. The Hall–Kier alpha value is -3.11. The quantitative estimate of drug-likeness (QED) is 0.653. The molecular formula is C20H23N7O3. The molecule has 156 valence electrons. The van der Waals surface area contributed by atoms with Gasteiger partial charge in [-0.3, -0.25) is 24.6 Å². The van der Waals surface area contributed by atoms with E-state index in [-0.39, 0.29) is 24.1 Å². The van der Waals surface area contributed by atoms with Gasteiger partial charge in [0.2, 0.25) is 11.8 Å². The van der Waals surface area contributed by atoms with Crippen molar-refractivity contribution in [2.75, 3.05) is 6.54 Å². The number of carbonyl (C=O) groups excluding carboxylic acids is 3. The second-order valence-corrected chi connectivity index (χ2v) is 7.99. The Morgan fingerprint density at radius 2 is 2.00 bits per heavy atom. The highest BCUT2D eigenvalue weighted by Gasteiger charge is 2.39. The molecule has 3 aliphatic rings. The van der Waals surface area contributed by atoms with E-state index in [9.17, 15) is 14.4 Å². The molecule has 4 heterocycles. The highest BCUT2D eigenvalue weighted by molar-refractivity contribution is 6.05. The predicted molar refractivity (Wildman–Crippen MR) is 105 cm³/mol. The number of nitrogens with two attached hydrogens (primary N) is 1. The molecule has 1 fully saturated rings. The minimum atomic E-state index is -0.587. The number of piperidine rings is 1. The van der Waals surface area contributed by atoms with E-state index in [0.29, 0.717) is 31.6 Å². The Bertz CT molecular complexity index is 1050. The van der Waals surface area contributed by atoms with Crippen molar-refractivity contribution in [3.05, 3.63) is 46.5 Å². The van der Waals surface area contributed by atoms with E-state index >= 15 is 0 Å². The zero-order valence-electron chi connectivity index (χ0n) is 16.5. The van der Waals surface area contributed by atoms with Crippen LogP contribution in [0, 0.1) is 0 Å². The Morgan fingerprint density at radius 3 is 2.80 bits per heavy atom. The topological polar surface area (TPSA) is 126 Å². The van der Waals surface area contributed by atoms with Crippen molar-refractivity contribution in [1.29, 1.82) is 0 Å². The van der Waals surface area contributed by atoms with Crippen LogP contribution in [-0.2, 0) is 42.3 Å². The second-order valence-electron chi connectivity index (χ2n) is 7.99. The van der Waals surface area contributed by atoms with Crippen LogP contribution in [0.25, 0.3) is 0 Å². The Balaban J connectivity index is 1.29. The molecular weight excluding hydrogens is 386 g/mol. The van der Waals surface area contributed by atoms with Gasteiger partial charge in [-0.05, 0) is 23.6 Å². The molecule has 1 unspecified atom stereocenters. The van der Waals surface area contributed by atoms with Gasteiger partial charge in [-0.25, -0.2) is 0 Å². The molecule has 0 radical (unpaired) electrons. The fourth-order valence-electron chi connectivity index (χ4n) is 4.54. The number of hydrogen-bond donors (Lipinski definition) is 2. The summed E-state index contributed by atoms with van der Waals surface area (Å²) < 4.78 is 2.08. The lowest BCUT2D eigenvalue weighted by molar-refractivity contribution is -0.136. The lowest BCUT2D eigenvalue weighted by Crippen LogP contribution is -2.52. The summed E-state index contributed by atoms with van der Waals surface area (Å²) in [6, 6.07) is 5.27. The van der Waals surface area contributed by atoms with Crippen LogP contribution in [0.15, 0.2) is 18.2 Å². The molecule has 3 N–H and O–H groups in total. The largest absolute Gasteiger partial charge is 0.324 e. The molecule has 3 amide bonds. The van der Waals surface area contributed by atoms with E-state index in [1.165, 1.54) is 0 Å². The van der Waals surface area contributed by atoms with Crippen molar-refractivity contribution in [2.45, 2.75) is 51.6 Å². The fourth-order valence-corrected chi connectivity index (χ4v) is 4.54. The number of aromatic nitrogens is 3. The number of fused-ring (bicyclic) bond motifs is 2. The zero-order chi connectivity index (χ0) is 20.8. The minimum Gasteiger partial charge on any atom is -0.324 e. The van der Waals surface area contributed by atoms with Crippen molar-refractivity contribution in [3.63, 3.8) is 0 Å². The van der Waals surface area contributed by atoms with Crippen molar-refractivity contribution in [2.24, 2.45) is 5.73 Å². The lowest BCUT2D eigenvalue weighted by Gasteiger charge is -2.29. The summed E-state index contributed by atoms with van der Waals surface area (Å²) in [7, 11) is 0. The highest BCUT2D eigenvalue weighted by Crippen LogP contribution is 2.28. The van der Waals surface area contributed by atoms with Gasteiger partial charge in [-0.2, -0.15) is 0 Å². The third-order valence-electron chi connectivity index (χ3n) is 6.09. The van der Waals surface area contributed by atoms with Crippen LogP contribution in [-0.4, -0.2) is 54.9 Å². The Kier molecular flexibility index (Phi) is 4.59. The number of imide groups is 1. The first-order chi connectivity index (χ1) is 14.5. The summed E-state index contributed by atoms with van der Waals surface area (Å²) in [5, 5.41) is 10.7. The standard InChI is InChI=1S/C20H23N7O3/c21-8-16-23-24-17-11-25(5-6-26(16)17)9-12-1-2-14-13(7-12)10-27(20(14)30)15-3-4-18(28)22-19(15)29/h1-2,7,15H,3-6,8-11,21H2,(H,22,28,29). The molecule has 2 aromatic rings. The maximum Gasteiger partial charge on any atom is 0.255 e. The first-order valence-corrected chi connectivity index (χ1v) is 10.1. The first-order valence-electron chi connectivity index (χ1n) is 10.1. The van der Waals surface area contributed by atoms with Gasteiger partial charge < -0.3 is 15.2 Å². The molecule has 0 saturated carbocycles. The van der Waals surface area contributed by atoms with Crippen molar-refractivity contribution < 1.29 is 14.4 Å². The number of benzene rings is 1. The highest BCUT2D eigenvalue weighted by atomic mass is 16.2. The number of hydrogen-bond acceptors (Lipinski definition) is 7. The molecule has 3 aliphatic heterocycles. The smallest absolute Gasteiger partial charge is 0.255 e. The molecule has 30 heavy (non-hydrogen) atoms. The average molecular weight is 409 g/mol. The van der Waals surface area contributed by atoms with E-state index in [4.69, 9.17) is 5.73 Å². The van der Waals surface area contributed by atoms with E-state index < -0.39 is 6.04 Å². The van der Waals surface area contributed by atoms with Crippen molar-refractivity contribution >= 4 is 17.7 Å². The third-order valence-corrected chi connectivity index (χ3v) is 6.09. The first kappa shape index (κ1) is 18.9. The van der Waals surface area contributed by atoms with E-state index in [2.05, 4.69) is 25.0 Å². The molecule has 1 aromatic carbocycles. The molecule has 1 atom stereocenters. The molecule has 10 heteroatoms.